The van der Waals surface area contributed by atoms with Crippen molar-refractivity contribution in [3.8, 4) is 23.0 Å². The first kappa shape index (κ1) is 26.5. The predicted octanol–water partition coefficient (Wildman–Crippen LogP) is 2.72. The number of hydrogen-bond donors (Lipinski definition) is 3. The number of hydrogen-bond acceptors (Lipinski definition) is 7. The van der Waals surface area contributed by atoms with E-state index in [9.17, 15) is 23.1 Å². The summed E-state index contributed by atoms with van der Waals surface area (Å²) in [6.45, 7) is 0.715. The molecule has 3 aliphatic rings. The molecule has 10 nitrogen and oxygen atoms in total. The van der Waals surface area contributed by atoms with Gasteiger partial charge < -0.3 is 24.8 Å². The Bertz CT molecular complexity index is 1520. The molecule has 0 saturated carbocycles. The number of carbonyl (C=O) groups is 2. The van der Waals surface area contributed by atoms with Gasteiger partial charge in [0.15, 0.2) is 0 Å². The quantitative estimate of drug-likeness (QED) is 0.456. The second kappa shape index (κ2) is 11.0. The van der Waals surface area contributed by atoms with Crippen molar-refractivity contribution in [2.75, 3.05) is 32.5 Å². The number of aromatic hydroxyl groups is 1. The van der Waals surface area contributed by atoms with E-state index in [1.54, 1.807) is 17.0 Å². The number of ether oxygens (including phenoxy) is 2. The van der Waals surface area contributed by atoms with E-state index in [1.807, 2.05) is 36.4 Å². The SMILES string of the molecule is CS(=O)(=O)NCC(=O)N1CCc2cc3ccc2C1c1cccc(c1)OCCCNC(=O)c1cc(ccc1O)O3. The topological polar surface area (TPSA) is 134 Å². The van der Waals surface area contributed by atoms with E-state index in [0.29, 0.717) is 49.8 Å². The highest BCUT2D eigenvalue weighted by Crippen LogP contribution is 2.39. The molecule has 0 spiro atoms. The molecule has 2 amide bonds. The smallest absolute Gasteiger partial charge is 0.255 e. The van der Waals surface area contributed by atoms with Crippen molar-refractivity contribution in [1.82, 2.24) is 14.9 Å². The van der Waals surface area contributed by atoms with E-state index in [4.69, 9.17) is 9.47 Å². The minimum Gasteiger partial charge on any atom is -0.507 e. The lowest BCUT2D eigenvalue weighted by molar-refractivity contribution is -0.132. The van der Waals surface area contributed by atoms with Gasteiger partial charge in [-0.1, -0.05) is 18.2 Å². The van der Waals surface area contributed by atoms with E-state index in [-0.39, 0.29) is 23.8 Å². The standard InChI is InChI=1S/C28H29N3O7S/c1-39(35,36)30-17-26(33)31-12-10-18-14-21-6-8-23(18)27(31)19-4-2-5-20(15-19)37-13-3-11-29-28(34)24-16-22(38-21)7-9-25(24)32/h2,4-9,14-16,27,30,32H,3,10-13,17H2,1H3,(H,29,34). The van der Waals surface area contributed by atoms with Gasteiger partial charge in [0.2, 0.25) is 15.9 Å². The maximum Gasteiger partial charge on any atom is 0.255 e. The third-order valence-electron chi connectivity index (χ3n) is 6.65. The van der Waals surface area contributed by atoms with Crippen LogP contribution in [-0.2, 0) is 21.2 Å². The molecular weight excluding hydrogens is 522 g/mol. The molecule has 3 aromatic carbocycles. The average Bonchev–Trinajstić information content (AvgIpc) is 2.91. The Morgan fingerprint density at radius 3 is 2.72 bits per heavy atom. The number of sulfonamides is 1. The van der Waals surface area contributed by atoms with Crippen LogP contribution >= 0.6 is 0 Å². The molecule has 3 aromatic rings. The number of nitrogens with zero attached hydrogens (tertiary/aromatic N) is 1. The first-order chi connectivity index (χ1) is 18.7. The number of amides is 2. The van der Waals surface area contributed by atoms with Crippen LogP contribution in [0.25, 0.3) is 0 Å². The second-order valence-corrected chi connectivity index (χ2v) is 11.3. The summed E-state index contributed by atoms with van der Waals surface area (Å²) < 4.78 is 37.6. The van der Waals surface area contributed by atoms with Gasteiger partial charge in [-0.15, -0.1) is 0 Å². The fraction of sp³-hybridized carbons (Fsp3) is 0.286. The fourth-order valence-corrected chi connectivity index (χ4v) is 5.21. The van der Waals surface area contributed by atoms with Gasteiger partial charge in [0.25, 0.3) is 5.91 Å². The first-order valence-corrected chi connectivity index (χ1v) is 14.5. The third-order valence-corrected chi connectivity index (χ3v) is 7.31. The number of phenols is 1. The van der Waals surface area contributed by atoms with Gasteiger partial charge in [0.05, 0.1) is 31.0 Å². The average molecular weight is 552 g/mol. The van der Waals surface area contributed by atoms with Crippen LogP contribution in [0.5, 0.6) is 23.0 Å². The summed E-state index contributed by atoms with van der Waals surface area (Å²) in [5.74, 6) is 0.652. The lowest BCUT2D eigenvalue weighted by Crippen LogP contribution is -2.45. The third kappa shape index (κ3) is 6.15. The van der Waals surface area contributed by atoms with Crippen molar-refractivity contribution in [3.05, 3.63) is 82.9 Å². The molecule has 0 fully saturated rings. The highest BCUT2D eigenvalue weighted by Gasteiger charge is 2.33. The molecule has 3 aliphatic heterocycles. The maximum atomic E-state index is 13.2. The van der Waals surface area contributed by atoms with E-state index in [1.165, 1.54) is 12.1 Å². The molecule has 204 valence electrons. The summed E-state index contributed by atoms with van der Waals surface area (Å²) in [5, 5.41) is 13.0. The Kier molecular flexibility index (Phi) is 7.45. The predicted molar refractivity (Wildman–Crippen MR) is 144 cm³/mol. The van der Waals surface area contributed by atoms with Crippen molar-refractivity contribution < 1.29 is 32.6 Å². The monoisotopic (exact) mass is 551 g/mol. The summed E-state index contributed by atoms with van der Waals surface area (Å²) in [7, 11) is -3.54. The fourth-order valence-electron chi connectivity index (χ4n) is 4.82. The van der Waals surface area contributed by atoms with E-state index >= 15 is 0 Å². The molecule has 11 heteroatoms. The molecule has 1 unspecified atom stereocenters. The van der Waals surface area contributed by atoms with Crippen LogP contribution in [0.15, 0.2) is 60.7 Å². The number of rotatable bonds is 3. The van der Waals surface area contributed by atoms with Gasteiger partial charge in [-0.05, 0) is 72.0 Å². The summed E-state index contributed by atoms with van der Waals surface area (Å²) in [4.78, 5) is 27.6. The Labute approximate surface area is 226 Å². The van der Waals surface area contributed by atoms with Crippen molar-refractivity contribution in [3.63, 3.8) is 0 Å². The van der Waals surface area contributed by atoms with Gasteiger partial charge in [0.1, 0.15) is 23.0 Å². The van der Waals surface area contributed by atoms with Crippen molar-refractivity contribution in [1.29, 1.82) is 0 Å². The number of carbonyl (C=O) groups excluding carboxylic acids is 2. The Morgan fingerprint density at radius 1 is 1.10 bits per heavy atom. The van der Waals surface area contributed by atoms with Gasteiger partial charge in [-0.3, -0.25) is 9.59 Å². The van der Waals surface area contributed by atoms with E-state index in [2.05, 4.69) is 10.0 Å². The van der Waals surface area contributed by atoms with Crippen molar-refractivity contribution >= 4 is 21.8 Å². The number of fused-ring (bicyclic) bond motifs is 6. The number of phenolic OH excluding ortho intramolecular Hbond substituents is 1. The minimum atomic E-state index is -3.54. The van der Waals surface area contributed by atoms with Crippen LogP contribution < -0.4 is 19.5 Å². The minimum absolute atomic E-state index is 0.108. The van der Waals surface area contributed by atoms with Gasteiger partial charge in [0, 0.05) is 13.1 Å². The number of nitrogens with one attached hydrogen (secondary N) is 2. The van der Waals surface area contributed by atoms with Gasteiger partial charge in [-0.25, -0.2) is 13.1 Å². The second-order valence-electron chi connectivity index (χ2n) is 9.50. The Hall–Kier alpha value is -4.09. The molecule has 0 saturated heterocycles. The molecule has 3 heterocycles. The van der Waals surface area contributed by atoms with Crippen LogP contribution in [0.3, 0.4) is 0 Å². The molecule has 1 atom stereocenters. The molecular formula is C28H29N3O7S. The zero-order chi connectivity index (χ0) is 27.6. The van der Waals surface area contributed by atoms with Crippen LogP contribution in [0.4, 0.5) is 0 Å². The Morgan fingerprint density at radius 2 is 1.90 bits per heavy atom. The highest BCUT2D eigenvalue weighted by molar-refractivity contribution is 7.88. The summed E-state index contributed by atoms with van der Waals surface area (Å²) in [6.07, 6.45) is 2.09. The molecule has 0 aliphatic carbocycles. The van der Waals surface area contributed by atoms with Crippen LogP contribution in [0.1, 0.15) is 39.5 Å². The molecule has 8 bridgehead atoms. The zero-order valence-corrected chi connectivity index (χ0v) is 22.2. The lowest BCUT2D eigenvalue weighted by atomic mass is 9.87. The van der Waals surface area contributed by atoms with Crippen LogP contribution in [0, 0.1) is 0 Å². The maximum absolute atomic E-state index is 13.2. The molecule has 3 N–H and O–H groups in total. The van der Waals surface area contributed by atoms with Crippen molar-refractivity contribution in [2.45, 2.75) is 18.9 Å². The van der Waals surface area contributed by atoms with E-state index < -0.39 is 22.0 Å². The molecule has 6 rings (SSSR count). The molecule has 0 aromatic heterocycles. The normalized spacial score (nSPS) is 17.3. The Balaban J connectivity index is 1.55. The summed E-state index contributed by atoms with van der Waals surface area (Å²) in [5.41, 5.74) is 2.80. The lowest BCUT2D eigenvalue weighted by Gasteiger charge is -2.38. The first-order valence-electron chi connectivity index (χ1n) is 12.6. The zero-order valence-electron chi connectivity index (χ0n) is 21.3. The van der Waals surface area contributed by atoms with Crippen LogP contribution in [0.2, 0.25) is 0 Å². The van der Waals surface area contributed by atoms with Gasteiger partial charge in [-0.2, -0.15) is 0 Å². The van der Waals surface area contributed by atoms with Crippen molar-refractivity contribution in [2.24, 2.45) is 0 Å². The molecule has 39 heavy (non-hydrogen) atoms. The highest BCUT2D eigenvalue weighted by atomic mass is 32.2. The molecule has 0 radical (unpaired) electrons. The van der Waals surface area contributed by atoms with E-state index in [0.717, 1.165) is 22.9 Å². The largest absolute Gasteiger partial charge is 0.507 e. The van der Waals surface area contributed by atoms with Gasteiger partial charge >= 0.3 is 0 Å². The summed E-state index contributed by atoms with van der Waals surface area (Å²) in [6, 6.07) is 17.1. The summed E-state index contributed by atoms with van der Waals surface area (Å²) >= 11 is 0. The number of benzene rings is 3. The van der Waals surface area contributed by atoms with Crippen LogP contribution in [-0.4, -0.2) is 62.7 Å².